The highest BCUT2D eigenvalue weighted by Crippen LogP contribution is 2.26. The second kappa shape index (κ2) is 10.2. The van der Waals surface area contributed by atoms with Gasteiger partial charge in [0.2, 0.25) is 5.91 Å². The largest absolute Gasteiger partial charge is 0.462 e. The van der Waals surface area contributed by atoms with Crippen LogP contribution in [0.2, 0.25) is 0 Å². The number of nitrogens with zero attached hydrogens (tertiary/aromatic N) is 2. The van der Waals surface area contributed by atoms with Crippen LogP contribution in [0.15, 0.2) is 63.9 Å². The molecule has 0 spiro atoms. The van der Waals surface area contributed by atoms with E-state index >= 15 is 0 Å². The van der Waals surface area contributed by atoms with Gasteiger partial charge in [0.1, 0.15) is 4.70 Å². The molecule has 174 valence electrons. The van der Waals surface area contributed by atoms with E-state index in [9.17, 15) is 14.4 Å². The van der Waals surface area contributed by atoms with Crippen LogP contribution >= 0.6 is 23.1 Å². The monoisotopic (exact) mass is 493 g/mol. The molecule has 0 bridgehead atoms. The van der Waals surface area contributed by atoms with E-state index in [1.807, 2.05) is 43.5 Å². The van der Waals surface area contributed by atoms with Crippen molar-refractivity contribution in [3.63, 3.8) is 0 Å². The third-order valence-corrected chi connectivity index (χ3v) is 6.90. The Morgan fingerprint density at radius 2 is 1.88 bits per heavy atom. The van der Waals surface area contributed by atoms with Crippen LogP contribution in [0.5, 0.6) is 0 Å². The summed E-state index contributed by atoms with van der Waals surface area (Å²) in [6.45, 7) is 5.96. The van der Waals surface area contributed by atoms with E-state index in [-0.39, 0.29) is 17.2 Å². The van der Waals surface area contributed by atoms with E-state index in [0.29, 0.717) is 33.2 Å². The Bertz CT molecular complexity index is 1420. The lowest BCUT2D eigenvalue weighted by Crippen LogP contribution is -2.23. The Hall–Kier alpha value is -3.43. The Balaban J connectivity index is 1.56. The molecule has 0 saturated heterocycles. The van der Waals surface area contributed by atoms with Gasteiger partial charge in [0.05, 0.1) is 29.1 Å². The second-order valence-electron chi connectivity index (χ2n) is 7.59. The molecule has 4 aromatic rings. The van der Waals surface area contributed by atoms with Crippen molar-refractivity contribution in [1.29, 1.82) is 0 Å². The average Bonchev–Trinajstić information content (AvgIpc) is 3.29. The highest BCUT2D eigenvalue weighted by atomic mass is 32.2. The van der Waals surface area contributed by atoms with Gasteiger partial charge in [-0.25, -0.2) is 9.78 Å². The van der Waals surface area contributed by atoms with Gasteiger partial charge in [-0.1, -0.05) is 23.9 Å². The SMILES string of the molecule is CCOC(=O)c1ccc(NC(=O)CSc2nc3ccsc3c(=O)n2-c2cc(C)ccc2C)cc1. The molecule has 0 unspecified atom stereocenters. The van der Waals surface area contributed by atoms with Crippen LogP contribution < -0.4 is 10.9 Å². The lowest BCUT2D eigenvalue weighted by Gasteiger charge is -2.15. The fourth-order valence-electron chi connectivity index (χ4n) is 3.39. The van der Waals surface area contributed by atoms with Crippen molar-refractivity contribution in [2.45, 2.75) is 25.9 Å². The first-order valence-electron chi connectivity index (χ1n) is 10.6. The predicted octanol–water partition coefficient (Wildman–Crippen LogP) is 4.97. The molecule has 4 rings (SSSR count). The van der Waals surface area contributed by atoms with Gasteiger partial charge in [-0.3, -0.25) is 14.2 Å². The third-order valence-electron chi connectivity index (χ3n) is 5.07. The Morgan fingerprint density at radius 3 is 2.62 bits per heavy atom. The Labute approximate surface area is 204 Å². The third kappa shape index (κ3) is 5.05. The van der Waals surface area contributed by atoms with Gasteiger partial charge >= 0.3 is 5.97 Å². The zero-order chi connectivity index (χ0) is 24.2. The number of rotatable bonds is 7. The number of anilines is 1. The van der Waals surface area contributed by atoms with Gasteiger partial charge in [0.25, 0.3) is 5.56 Å². The van der Waals surface area contributed by atoms with Crippen molar-refractivity contribution < 1.29 is 14.3 Å². The minimum absolute atomic E-state index is 0.0621. The highest BCUT2D eigenvalue weighted by Gasteiger charge is 2.17. The number of thioether (sulfide) groups is 1. The number of benzene rings is 2. The van der Waals surface area contributed by atoms with Gasteiger partial charge in [0.15, 0.2) is 5.16 Å². The number of aromatic nitrogens is 2. The maximum absolute atomic E-state index is 13.3. The number of thiophene rings is 1. The number of aryl methyl sites for hydroxylation is 2. The van der Waals surface area contributed by atoms with Crippen LogP contribution in [0.3, 0.4) is 0 Å². The Kier molecular flexibility index (Phi) is 7.14. The average molecular weight is 494 g/mol. The molecule has 0 saturated carbocycles. The summed E-state index contributed by atoms with van der Waals surface area (Å²) >= 11 is 2.56. The predicted molar refractivity (Wildman–Crippen MR) is 136 cm³/mol. The molecule has 34 heavy (non-hydrogen) atoms. The van der Waals surface area contributed by atoms with E-state index in [2.05, 4.69) is 10.3 Å². The number of esters is 1. The lowest BCUT2D eigenvalue weighted by atomic mass is 10.1. The van der Waals surface area contributed by atoms with E-state index in [1.165, 1.54) is 23.1 Å². The number of ether oxygens (including phenoxy) is 1. The second-order valence-corrected chi connectivity index (χ2v) is 9.45. The van der Waals surface area contributed by atoms with Gasteiger partial charge in [0, 0.05) is 5.69 Å². The van der Waals surface area contributed by atoms with Gasteiger partial charge < -0.3 is 10.1 Å². The highest BCUT2D eigenvalue weighted by molar-refractivity contribution is 7.99. The number of nitrogens with one attached hydrogen (secondary N) is 1. The van der Waals surface area contributed by atoms with Crippen LogP contribution in [0.1, 0.15) is 28.4 Å². The molecule has 0 aliphatic carbocycles. The van der Waals surface area contributed by atoms with Crippen LogP contribution in [0, 0.1) is 13.8 Å². The zero-order valence-corrected chi connectivity index (χ0v) is 20.6. The lowest BCUT2D eigenvalue weighted by molar-refractivity contribution is -0.113. The standard InChI is InChI=1S/C25H23N3O4S2/c1-4-32-24(31)17-7-9-18(10-8-17)26-21(29)14-34-25-27-19-11-12-33-22(19)23(30)28(25)20-13-15(2)5-6-16(20)3/h5-13H,4,14H2,1-3H3,(H,26,29). The summed E-state index contributed by atoms with van der Waals surface area (Å²) in [5.41, 5.74) is 4.18. The first kappa shape index (κ1) is 23.7. The molecular formula is C25H23N3O4S2. The van der Waals surface area contributed by atoms with Crippen molar-refractivity contribution in [3.05, 3.63) is 81.0 Å². The van der Waals surface area contributed by atoms with Crippen LogP contribution in [-0.2, 0) is 9.53 Å². The molecule has 0 aliphatic rings. The van der Waals surface area contributed by atoms with E-state index in [0.717, 1.165) is 16.8 Å². The fraction of sp³-hybridized carbons (Fsp3) is 0.200. The summed E-state index contributed by atoms with van der Waals surface area (Å²) in [4.78, 5) is 42.4. The summed E-state index contributed by atoms with van der Waals surface area (Å²) in [6, 6.07) is 14.2. The summed E-state index contributed by atoms with van der Waals surface area (Å²) in [6.07, 6.45) is 0. The van der Waals surface area contributed by atoms with Crippen molar-refractivity contribution in [2.75, 3.05) is 17.7 Å². The van der Waals surface area contributed by atoms with Crippen LogP contribution in [0.4, 0.5) is 5.69 Å². The van der Waals surface area contributed by atoms with Crippen molar-refractivity contribution >= 4 is 50.9 Å². The van der Waals surface area contributed by atoms with Gasteiger partial charge in [-0.05, 0) is 73.7 Å². The van der Waals surface area contributed by atoms with E-state index < -0.39 is 5.97 Å². The molecule has 1 N–H and O–H groups in total. The first-order chi connectivity index (χ1) is 16.4. The number of fused-ring (bicyclic) bond motifs is 1. The maximum atomic E-state index is 13.3. The number of hydrogen-bond acceptors (Lipinski definition) is 7. The van der Waals surface area contributed by atoms with Crippen molar-refractivity contribution in [2.24, 2.45) is 0 Å². The molecule has 0 atom stereocenters. The van der Waals surface area contributed by atoms with Crippen LogP contribution in [0.25, 0.3) is 15.9 Å². The van der Waals surface area contributed by atoms with Crippen molar-refractivity contribution in [1.82, 2.24) is 9.55 Å². The van der Waals surface area contributed by atoms with Crippen LogP contribution in [-0.4, -0.2) is 33.8 Å². The molecule has 1 amide bonds. The number of amides is 1. The molecule has 7 nitrogen and oxygen atoms in total. The normalized spacial score (nSPS) is 10.9. The van der Waals surface area contributed by atoms with Crippen molar-refractivity contribution in [3.8, 4) is 5.69 Å². The number of carbonyl (C=O) groups is 2. The van der Waals surface area contributed by atoms with E-state index in [4.69, 9.17) is 4.74 Å². The molecule has 2 heterocycles. The zero-order valence-electron chi connectivity index (χ0n) is 19.0. The van der Waals surface area contributed by atoms with Gasteiger partial charge in [-0.15, -0.1) is 11.3 Å². The number of carbonyl (C=O) groups excluding carboxylic acids is 2. The minimum Gasteiger partial charge on any atom is -0.462 e. The summed E-state index contributed by atoms with van der Waals surface area (Å²) in [5.74, 6) is -0.594. The summed E-state index contributed by atoms with van der Waals surface area (Å²) in [5, 5.41) is 5.11. The Morgan fingerprint density at radius 1 is 1.12 bits per heavy atom. The molecule has 2 aromatic carbocycles. The maximum Gasteiger partial charge on any atom is 0.338 e. The molecule has 2 aromatic heterocycles. The topological polar surface area (TPSA) is 90.3 Å². The summed E-state index contributed by atoms with van der Waals surface area (Å²) in [7, 11) is 0. The molecule has 0 fully saturated rings. The quantitative estimate of drug-likeness (QED) is 0.222. The molecular weight excluding hydrogens is 470 g/mol. The first-order valence-corrected chi connectivity index (χ1v) is 12.5. The minimum atomic E-state index is -0.407. The number of hydrogen-bond donors (Lipinski definition) is 1. The molecule has 0 radical (unpaired) electrons. The smallest absolute Gasteiger partial charge is 0.338 e. The summed E-state index contributed by atoms with van der Waals surface area (Å²) < 4.78 is 7.14. The fourth-order valence-corrected chi connectivity index (χ4v) is 4.96. The van der Waals surface area contributed by atoms with E-state index in [1.54, 1.807) is 35.8 Å². The van der Waals surface area contributed by atoms with Gasteiger partial charge in [-0.2, -0.15) is 0 Å². The molecule has 0 aliphatic heterocycles. The molecule has 9 heteroatoms.